The average Bonchev–Trinajstić information content (AvgIpc) is 3.29. The van der Waals surface area contributed by atoms with Crippen molar-refractivity contribution < 1.29 is 0 Å². The molecular weight excluding hydrogens is 244 g/mol. The first-order chi connectivity index (χ1) is 9.74. The van der Waals surface area contributed by atoms with Gasteiger partial charge in [-0.05, 0) is 62.7 Å². The highest BCUT2D eigenvalue weighted by molar-refractivity contribution is 5.28. The third-order valence-corrected chi connectivity index (χ3v) is 5.09. The minimum absolute atomic E-state index is 0.660. The van der Waals surface area contributed by atoms with E-state index >= 15 is 0 Å². The third kappa shape index (κ3) is 3.42. The van der Waals surface area contributed by atoms with Crippen molar-refractivity contribution in [3.8, 4) is 0 Å². The molecule has 2 atom stereocenters. The van der Waals surface area contributed by atoms with Crippen LogP contribution in [0.3, 0.4) is 0 Å². The van der Waals surface area contributed by atoms with E-state index in [9.17, 15) is 0 Å². The number of rotatable bonds is 5. The van der Waals surface area contributed by atoms with E-state index in [1.54, 1.807) is 11.1 Å². The molecule has 0 aromatic heterocycles. The highest BCUT2D eigenvalue weighted by atomic mass is 15.2. The summed E-state index contributed by atoms with van der Waals surface area (Å²) in [6, 6.07) is 10.5. The van der Waals surface area contributed by atoms with E-state index in [-0.39, 0.29) is 0 Å². The maximum Gasteiger partial charge on any atom is 0.0239 e. The molecule has 0 radical (unpaired) electrons. The van der Waals surface area contributed by atoms with E-state index in [1.165, 1.54) is 38.8 Å². The van der Waals surface area contributed by atoms with Gasteiger partial charge >= 0.3 is 0 Å². The second-order valence-electron chi connectivity index (χ2n) is 6.74. The molecule has 2 heteroatoms. The highest BCUT2D eigenvalue weighted by Gasteiger charge is 2.25. The van der Waals surface area contributed by atoms with Crippen molar-refractivity contribution in [3.05, 3.63) is 35.4 Å². The molecule has 0 spiro atoms. The van der Waals surface area contributed by atoms with E-state index in [4.69, 9.17) is 0 Å². The quantitative estimate of drug-likeness (QED) is 0.885. The Balaban J connectivity index is 1.60. The first-order valence-corrected chi connectivity index (χ1v) is 8.28. The number of nitrogens with one attached hydrogen (secondary N) is 1. The number of nitrogens with zero attached hydrogens (tertiary/aromatic N) is 1. The summed E-state index contributed by atoms with van der Waals surface area (Å²) in [5.74, 6) is 0.723. The van der Waals surface area contributed by atoms with Crippen molar-refractivity contribution in [2.75, 3.05) is 13.1 Å². The summed E-state index contributed by atoms with van der Waals surface area (Å²) in [6.45, 7) is 8.35. The van der Waals surface area contributed by atoms with Gasteiger partial charge in [-0.3, -0.25) is 4.90 Å². The van der Waals surface area contributed by atoms with Crippen molar-refractivity contribution in [3.63, 3.8) is 0 Å². The van der Waals surface area contributed by atoms with Crippen LogP contribution in [0.4, 0.5) is 0 Å². The van der Waals surface area contributed by atoms with Crippen molar-refractivity contribution in [2.24, 2.45) is 5.92 Å². The third-order valence-electron chi connectivity index (χ3n) is 5.09. The first-order valence-electron chi connectivity index (χ1n) is 8.28. The number of hydrogen-bond donors (Lipinski definition) is 1. The second-order valence-corrected chi connectivity index (χ2v) is 6.74. The van der Waals surface area contributed by atoms with Crippen LogP contribution >= 0.6 is 0 Å². The van der Waals surface area contributed by atoms with Gasteiger partial charge in [0.15, 0.2) is 0 Å². The lowest BCUT2D eigenvalue weighted by Crippen LogP contribution is -2.41. The molecule has 2 aliphatic rings. The molecule has 2 unspecified atom stereocenters. The highest BCUT2D eigenvalue weighted by Crippen LogP contribution is 2.23. The Kier molecular flexibility index (Phi) is 4.42. The summed E-state index contributed by atoms with van der Waals surface area (Å²) in [5.41, 5.74) is 3.10. The fourth-order valence-electron chi connectivity index (χ4n) is 3.24. The number of aryl methyl sites for hydroxylation is 1. The van der Waals surface area contributed by atoms with Gasteiger partial charge in [0.05, 0.1) is 0 Å². The Bertz CT molecular complexity index is 439. The molecule has 1 N–H and O–H groups in total. The molecule has 0 bridgehead atoms. The molecule has 2 nitrogen and oxygen atoms in total. The van der Waals surface area contributed by atoms with Gasteiger partial charge in [0.1, 0.15) is 0 Å². The van der Waals surface area contributed by atoms with Gasteiger partial charge in [0, 0.05) is 18.6 Å². The Hall–Kier alpha value is -0.860. The number of benzene rings is 1. The van der Waals surface area contributed by atoms with Crippen LogP contribution in [0.2, 0.25) is 0 Å². The van der Waals surface area contributed by atoms with E-state index in [0.29, 0.717) is 6.04 Å². The molecule has 1 aromatic carbocycles. The summed E-state index contributed by atoms with van der Waals surface area (Å²) < 4.78 is 0. The lowest BCUT2D eigenvalue weighted by Gasteiger charge is -2.32. The zero-order chi connectivity index (χ0) is 13.9. The lowest BCUT2D eigenvalue weighted by molar-refractivity contribution is 0.153. The van der Waals surface area contributed by atoms with Crippen LogP contribution in [-0.4, -0.2) is 30.1 Å². The Morgan fingerprint density at radius 1 is 1.20 bits per heavy atom. The van der Waals surface area contributed by atoms with Crippen LogP contribution in [0.1, 0.15) is 44.2 Å². The average molecular weight is 272 g/mol. The van der Waals surface area contributed by atoms with Crippen LogP contribution < -0.4 is 5.32 Å². The summed E-state index contributed by atoms with van der Waals surface area (Å²) in [4.78, 5) is 2.69. The van der Waals surface area contributed by atoms with Gasteiger partial charge in [-0.25, -0.2) is 0 Å². The normalized spacial score (nSPS) is 22.9. The van der Waals surface area contributed by atoms with Crippen molar-refractivity contribution in [2.45, 2.75) is 58.2 Å². The van der Waals surface area contributed by atoms with E-state index in [2.05, 4.69) is 48.3 Å². The monoisotopic (exact) mass is 272 g/mol. The maximum absolute atomic E-state index is 3.68. The molecule has 20 heavy (non-hydrogen) atoms. The Morgan fingerprint density at radius 2 is 1.95 bits per heavy atom. The molecule has 1 heterocycles. The topological polar surface area (TPSA) is 15.3 Å². The standard InChI is InChI=1S/C18H28N2/c1-14(12-19-18-9-10-18)15(2)20-11-5-8-16-6-3-4-7-17(16)13-20/h3-4,6-7,14-15,18-19H,5,8-13H2,1-2H3. The molecule has 1 aliphatic carbocycles. The first kappa shape index (κ1) is 14.1. The smallest absolute Gasteiger partial charge is 0.0239 e. The van der Waals surface area contributed by atoms with Gasteiger partial charge in [-0.2, -0.15) is 0 Å². The van der Waals surface area contributed by atoms with Crippen LogP contribution in [0.25, 0.3) is 0 Å². The molecule has 1 aliphatic heterocycles. The van der Waals surface area contributed by atoms with Gasteiger partial charge in [0.25, 0.3) is 0 Å². The number of hydrogen-bond acceptors (Lipinski definition) is 2. The molecule has 3 rings (SSSR count). The lowest BCUT2D eigenvalue weighted by atomic mass is 10.0. The second kappa shape index (κ2) is 6.28. The predicted molar refractivity (Wildman–Crippen MR) is 84.8 cm³/mol. The minimum atomic E-state index is 0.660. The minimum Gasteiger partial charge on any atom is -0.314 e. The summed E-state index contributed by atoms with van der Waals surface area (Å²) in [7, 11) is 0. The summed E-state index contributed by atoms with van der Waals surface area (Å²) in [5, 5.41) is 3.68. The van der Waals surface area contributed by atoms with Gasteiger partial charge in [0.2, 0.25) is 0 Å². The van der Waals surface area contributed by atoms with Crippen molar-refractivity contribution >= 4 is 0 Å². The van der Waals surface area contributed by atoms with Crippen LogP contribution in [0, 0.1) is 5.92 Å². The van der Waals surface area contributed by atoms with Gasteiger partial charge in [-0.15, -0.1) is 0 Å². The predicted octanol–water partition coefficient (Wildman–Crippen LogP) is 3.21. The maximum atomic E-state index is 3.68. The molecule has 1 fully saturated rings. The summed E-state index contributed by atoms with van der Waals surface area (Å²) >= 11 is 0. The zero-order valence-corrected chi connectivity index (χ0v) is 12.9. The molecule has 0 amide bonds. The van der Waals surface area contributed by atoms with Gasteiger partial charge in [-0.1, -0.05) is 31.2 Å². The SMILES string of the molecule is CC(CNC1CC1)C(C)N1CCCc2ccccc2C1. The summed E-state index contributed by atoms with van der Waals surface area (Å²) in [6.07, 6.45) is 5.31. The Morgan fingerprint density at radius 3 is 2.70 bits per heavy atom. The number of fused-ring (bicyclic) bond motifs is 1. The van der Waals surface area contributed by atoms with E-state index < -0.39 is 0 Å². The van der Waals surface area contributed by atoms with Gasteiger partial charge < -0.3 is 5.32 Å². The van der Waals surface area contributed by atoms with Crippen LogP contribution in [-0.2, 0) is 13.0 Å². The molecular formula is C18H28N2. The van der Waals surface area contributed by atoms with Crippen LogP contribution in [0.5, 0.6) is 0 Å². The molecule has 1 aromatic rings. The molecule has 110 valence electrons. The van der Waals surface area contributed by atoms with E-state index in [0.717, 1.165) is 18.5 Å². The Labute approximate surface area is 123 Å². The zero-order valence-electron chi connectivity index (χ0n) is 12.9. The molecule has 0 saturated heterocycles. The largest absolute Gasteiger partial charge is 0.314 e. The van der Waals surface area contributed by atoms with Crippen molar-refractivity contribution in [1.29, 1.82) is 0 Å². The van der Waals surface area contributed by atoms with E-state index in [1.807, 2.05) is 0 Å². The fourth-order valence-corrected chi connectivity index (χ4v) is 3.24. The van der Waals surface area contributed by atoms with Crippen molar-refractivity contribution in [1.82, 2.24) is 10.2 Å². The molecule has 1 saturated carbocycles. The fraction of sp³-hybridized carbons (Fsp3) is 0.667. The van der Waals surface area contributed by atoms with Crippen LogP contribution in [0.15, 0.2) is 24.3 Å².